The summed E-state index contributed by atoms with van der Waals surface area (Å²) in [4.78, 5) is 2.38. The highest BCUT2D eigenvalue weighted by atomic mass is 19.1. The normalized spacial score (nSPS) is 17.2. The second-order valence-electron chi connectivity index (χ2n) is 6.04. The standard InChI is InChI=1S/C19H23FN2O/c20-18-9-5-4-8-17(18)19(23)14-21-15-10-12-22(13-11-15)16-6-2-1-3-7-16/h1-9,15,19,21,23H,10-14H2. The number of nitrogens with one attached hydrogen (secondary N) is 1. The third-order valence-electron chi connectivity index (χ3n) is 4.48. The van der Waals surface area contributed by atoms with Gasteiger partial charge >= 0.3 is 0 Å². The summed E-state index contributed by atoms with van der Waals surface area (Å²) in [6, 6.07) is 17.2. The summed E-state index contributed by atoms with van der Waals surface area (Å²) >= 11 is 0. The van der Waals surface area contributed by atoms with E-state index in [0.29, 0.717) is 18.2 Å². The number of para-hydroxylation sites is 1. The van der Waals surface area contributed by atoms with Gasteiger partial charge in [-0.15, -0.1) is 0 Å². The van der Waals surface area contributed by atoms with Crippen LogP contribution in [0.2, 0.25) is 0 Å². The highest BCUT2D eigenvalue weighted by molar-refractivity contribution is 5.46. The molecule has 0 aromatic heterocycles. The number of piperidine rings is 1. The Morgan fingerprint density at radius 3 is 2.39 bits per heavy atom. The predicted octanol–water partition coefficient (Wildman–Crippen LogP) is 3.12. The summed E-state index contributed by atoms with van der Waals surface area (Å²) in [6.07, 6.45) is 1.25. The molecule has 1 aliphatic heterocycles. The Balaban J connectivity index is 1.47. The molecule has 0 radical (unpaired) electrons. The quantitative estimate of drug-likeness (QED) is 0.890. The summed E-state index contributed by atoms with van der Waals surface area (Å²) in [6.45, 7) is 2.38. The average molecular weight is 314 g/mol. The van der Waals surface area contributed by atoms with Crippen molar-refractivity contribution < 1.29 is 9.50 Å². The van der Waals surface area contributed by atoms with Crippen LogP contribution < -0.4 is 10.2 Å². The van der Waals surface area contributed by atoms with Gasteiger partial charge in [-0.2, -0.15) is 0 Å². The van der Waals surface area contributed by atoms with Crippen LogP contribution in [0.5, 0.6) is 0 Å². The minimum absolute atomic E-state index is 0.347. The number of aliphatic hydroxyl groups is 1. The van der Waals surface area contributed by atoms with Gasteiger partial charge in [0.15, 0.2) is 0 Å². The smallest absolute Gasteiger partial charge is 0.129 e. The predicted molar refractivity (Wildman–Crippen MR) is 91.0 cm³/mol. The van der Waals surface area contributed by atoms with E-state index < -0.39 is 6.10 Å². The number of benzene rings is 2. The minimum Gasteiger partial charge on any atom is -0.387 e. The second-order valence-corrected chi connectivity index (χ2v) is 6.04. The van der Waals surface area contributed by atoms with Crippen LogP contribution in [0.15, 0.2) is 54.6 Å². The van der Waals surface area contributed by atoms with E-state index >= 15 is 0 Å². The molecule has 3 nitrogen and oxygen atoms in total. The van der Waals surface area contributed by atoms with Gasteiger partial charge in [0.2, 0.25) is 0 Å². The lowest BCUT2D eigenvalue weighted by molar-refractivity contribution is 0.163. The van der Waals surface area contributed by atoms with Crippen LogP contribution in [0, 0.1) is 5.82 Å². The van der Waals surface area contributed by atoms with Crippen molar-refractivity contribution in [3.63, 3.8) is 0 Å². The zero-order chi connectivity index (χ0) is 16.1. The molecule has 0 amide bonds. The Morgan fingerprint density at radius 1 is 1.04 bits per heavy atom. The van der Waals surface area contributed by atoms with Crippen molar-refractivity contribution in [2.24, 2.45) is 0 Å². The molecule has 1 fully saturated rings. The molecule has 4 heteroatoms. The van der Waals surface area contributed by atoms with Crippen LogP contribution in [0.25, 0.3) is 0 Å². The van der Waals surface area contributed by atoms with Crippen molar-refractivity contribution in [3.8, 4) is 0 Å². The fourth-order valence-electron chi connectivity index (χ4n) is 3.11. The maximum Gasteiger partial charge on any atom is 0.129 e. The molecule has 1 atom stereocenters. The first kappa shape index (κ1) is 16.0. The summed E-state index contributed by atoms with van der Waals surface area (Å²) in [7, 11) is 0. The first-order valence-corrected chi connectivity index (χ1v) is 8.20. The van der Waals surface area contributed by atoms with Gasteiger partial charge in [-0.3, -0.25) is 0 Å². The van der Waals surface area contributed by atoms with Gasteiger partial charge in [0.05, 0.1) is 6.10 Å². The van der Waals surface area contributed by atoms with Crippen molar-refractivity contribution in [1.82, 2.24) is 5.32 Å². The van der Waals surface area contributed by atoms with Gasteiger partial charge in [0, 0.05) is 36.9 Å². The van der Waals surface area contributed by atoms with Crippen molar-refractivity contribution >= 4 is 5.69 Å². The van der Waals surface area contributed by atoms with Gasteiger partial charge in [-0.05, 0) is 31.0 Å². The Morgan fingerprint density at radius 2 is 1.70 bits per heavy atom. The summed E-state index contributed by atoms with van der Waals surface area (Å²) < 4.78 is 13.7. The van der Waals surface area contributed by atoms with Gasteiger partial charge in [-0.25, -0.2) is 4.39 Å². The third kappa shape index (κ3) is 4.09. The van der Waals surface area contributed by atoms with Crippen LogP contribution in [0.3, 0.4) is 0 Å². The van der Waals surface area contributed by atoms with E-state index in [1.807, 2.05) is 6.07 Å². The first-order chi connectivity index (χ1) is 11.2. The van der Waals surface area contributed by atoms with E-state index in [2.05, 4.69) is 34.5 Å². The molecule has 3 rings (SSSR count). The van der Waals surface area contributed by atoms with Crippen molar-refractivity contribution in [3.05, 3.63) is 66.0 Å². The van der Waals surface area contributed by atoms with E-state index in [4.69, 9.17) is 0 Å². The zero-order valence-corrected chi connectivity index (χ0v) is 13.2. The second kappa shape index (κ2) is 7.57. The van der Waals surface area contributed by atoms with Crippen LogP contribution in [0.1, 0.15) is 24.5 Å². The van der Waals surface area contributed by atoms with Crippen LogP contribution >= 0.6 is 0 Å². The molecule has 0 aliphatic carbocycles. The SMILES string of the molecule is OC(CNC1CCN(c2ccccc2)CC1)c1ccccc1F. The number of anilines is 1. The highest BCUT2D eigenvalue weighted by Crippen LogP contribution is 2.20. The van der Waals surface area contributed by atoms with Gasteiger partial charge in [0.25, 0.3) is 0 Å². The average Bonchev–Trinajstić information content (AvgIpc) is 2.61. The molecule has 1 unspecified atom stereocenters. The van der Waals surface area contributed by atoms with Gasteiger partial charge in [0.1, 0.15) is 5.82 Å². The lowest BCUT2D eigenvalue weighted by atomic mass is 10.0. The maximum absolute atomic E-state index is 13.7. The van der Waals surface area contributed by atoms with E-state index in [-0.39, 0.29) is 5.82 Å². The number of hydrogen-bond donors (Lipinski definition) is 2. The molecule has 1 aliphatic rings. The van der Waals surface area contributed by atoms with E-state index in [1.165, 1.54) is 11.8 Å². The molecule has 1 heterocycles. The Bertz CT molecular complexity index is 612. The number of halogens is 1. The molecule has 2 aromatic carbocycles. The summed E-state index contributed by atoms with van der Waals surface area (Å²) in [5, 5.41) is 13.5. The fraction of sp³-hybridized carbons (Fsp3) is 0.368. The number of hydrogen-bond acceptors (Lipinski definition) is 3. The topological polar surface area (TPSA) is 35.5 Å². The Labute approximate surface area is 136 Å². The monoisotopic (exact) mass is 314 g/mol. The minimum atomic E-state index is -0.802. The summed E-state index contributed by atoms with van der Waals surface area (Å²) in [5.41, 5.74) is 1.62. The largest absolute Gasteiger partial charge is 0.387 e. The molecule has 0 saturated carbocycles. The van der Waals surface area contributed by atoms with Gasteiger partial charge < -0.3 is 15.3 Å². The van der Waals surface area contributed by atoms with Crippen LogP contribution in [-0.4, -0.2) is 30.8 Å². The molecule has 23 heavy (non-hydrogen) atoms. The highest BCUT2D eigenvalue weighted by Gasteiger charge is 2.20. The molecule has 0 spiro atoms. The number of rotatable bonds is 5. The van der Waals surface area contributed by atoms with E-state index in [9.17, 15) is 9.50 Å². The van der Waals surface area contributed by atoms with Crippen LogP contribution in [-0.2, 0) is 0 Å². The summed E-state index contributed by atoms with van der Waals surface area (Å²) in [5.74, 6) is -0.347. The molecule has 2 aromatic rings. The van der Waals surface area contributed by atoms with Crippen molar-refractivity contribution in [1.29, 1.82) is 0 Å². The van der Waals surface area contributed by atoms with E-state index in [0.717, 1.165) is 25.9 Å². The molecule has 1 saturated heterocycles. The number of aliphatic hydroxyl groups excluding tert-OH is 1. The molecule has 0 bridgehead atoms. The fourth-order valence-corrected chi connectivity index (χ4v) is 3.11. The van der Waals surface area contributed by atoms with Crippen molar-refractivity contribution in [2.75, 3.05) is 24.5 Å². The lowest BCUT2D eigenvalue weighted by Crippen LogP contribution is -2.43. The zero-order valence-electron chi connectivity index (χ0n) is 13.2. The molecular formula is C19H23FN2O. The number of nitrogens with zero attached hydrogens (tertiary/aromatic N) is 1. The first-order valence-electron chi connectivity index (χ1n) is 8.20. The maximum atomic E-state index is 13.7. The van der Waals surface area contributed by atoms with Crippen molar-refractivity contribution in [2.45, 2.75) is 25.0 Å². The van der Waals surface area contributed by atoms with Crippen LogP contribution in [0.4, 0.5) is 10.1 Å². The molecular weight excluding hydrogens is 291 g/mol. The molecule has 2 N–H and O–H groups in total. The Kier molecular flexibility index (Phi) is 5.26. The van der Waals surface area contributed by atoms with E-state index in [1.54, 1.807) is 18.2 Å². The lowest BCUT2D eigenvalue weighted by Gasteiger charge is -2.34. The third-order valence-corrected chi connectivity index (χ3v) is 4.48. The molecule has 122 valence electrons. The van der Waals surface area contributed by atoms with Gasteiger partial charge in [-0.1, -0.05) is 36.4 Å². The Hall–Kier alpha value is -1.91.